The van der Waals surface area contributed by atoms with Crippen LogP contribution in [0.1, 0.15) is 39.5 Å². The van der Waals surface area contributed by atoms with Crippen LogP contribution in [-0.2, 0) is 4.74 Å². The average molecular weight is 283 g/mol. The molecule has 1 aliphatic carbocycles. The number of nitrogens with one attached hydrogen (secondary N) is 1. The second kappa shape index (κ2) is 7.74. The topological polar surface area (TPSA) is 27.7 Å². The molecule has 2 fully saturated rings. The van der Waals surface area contributed by atoms with Gasteiger partial charge >= 0.3 is 0 Å². The van der Waals surface area contributed by atoms with E-state index in [1.54, 1.807) is 0 Å². The van der Waals surface area contributed by atoms with Gasteiger partial charge in [0.1, 0.15) is 0 Å². The molecule has 4 heteroatoms. The largest absolute Gasteiger partial charge is 0.372 e. The van der Waals surface area contributed by atoms with E-state index in [4.69, 9.17) is 4.74 Å². The van der Waals surface area contributed by atoms with E-state index in [1.165, 1.54) is 25.7 Å². The number of hydrogen-bond donors (Lipinski definition) is 1. The summed E-state index contributed by atoms with van der Waals surface area (Å²) in [5.41, 5.74) is 0. The zero-order chi connectivity index (χ0) is 14.5. The maximum absolute atomic E-state index is 6.21. The lowest BCUT2D eigenvalue weighted by Gasteiger charge is -2.32. The molecule has 3 unspecified atom stereocenters. The van der Waals surface area contributed by atoms with Crippen molar-refractivity contribution in [2.24, 2.45) is 0 Å². The third kappa shape index (κ3) is 5.32. The van der Waals surface area contributed by atoms with Crippen LogP contribution in [0.3, 0.4) is 0 Å². The molecule has 0 bridgehead atoms. The van der Waals surface area contributed by atoms with E-state index < -0.39 is 0 Å². The van der Waals surface area contributed by atoms with Crippen LogP contribution in [0.4, 0.5) is 0 Å². The second-order valence-corrected chi connectivity index (χ2v) is 6.84. The van der Waals surface area contributed by atoms with Crippen molar-refractivity contribution in [3.05, 3.63) is 0 Å². The highest BCUT2D eigenvalue weighted by atomic mass is 16.5. The summed E-state index contributed by atoms with van der Waals surface area (Å²) < 4.78 is 6.21. The van der Waals surface area contributed by atoms with E-state index >= 15 is 0 Å². The molecule has 2 rings (SSSR count). The molecule has 3 atom stereocenters. The third-order valence-corrected chi connectivity index (χ3v) is 4.50. The first-order valence-electron chi connectivity index (χ1n) is 8.36. The summed E-state index contributed by atoms with van der Waals surface area (Å²) >= 11 is 0. The number of likely N-dealkylation sites (N-methyl/N-ethyl adjacent to an activating group) is 2. The lowest BCUT2D eigenvalue weighted by atomic mass is 10.1. The van der Waals surface area contributed by atoms with E-state index in [2.05, 4.69) is 43.1 Å². The van der Waals surface area contributed by atoms with E-state index in [0.717, 1.165) is 32.2 Å². The van der Waals surface area contributed by atoms with Gasteiger partial charge in [0.25, 0.3) is 0 Å². The molecule has 1 saturated heterocycles. The van der Waals surface area contributed by atoms with Gasteiger partial charge in [-0.25, -0.2) is 0 Å². The van der Waals surface area contributed by atoms with Crippen LogP contribution < -0.4 is 5.32 Å². The third-order valence-electron chi connectivity index (χ3n) is 4.50. The highest BCUT2D eigenvalue weighted by Gasteiger charge is 2.29. The molecule has 1 heterocycles. The van der Waals surface area contributed by atoms with Crippen LogP contribution in [0.25, 0.3) is 0 Å². The molecule has 1 saturated carbocycles. The maximum Gasteiger partial charge on any atom is 0.0707 e. The van der Waals surface area contributed by atoms with Gasteiger partial charge in [-0.15, -0.1) is 0 Å². The van der Waals surface area contributed by atoms with Gasteiger partial charge < -0.3 is 15.0 Å². The first-order chi connectivity index (χ1) is 9.58. The number of ether oxygens (including phenoxy) is 1. The quantitative estimate of drug-likeness (QED) is 0.695. The number of hydrogen-bond acceptors (Lipinski definition) is 4. The fourth-order valence-electron chi connectivity index (χ4n) is 3.18. The normalized spacial score (nSPS) is 28.5. The van der Waals surface area contributed by atoms with Crippen molar-refractivity contribution in [2.45, 2.75) is 63.8 Å². The summed E-state index contributed by atoms with van der Waals surface area (Å²) in [5, 5.41) is 3.59. The van der Waals surface area contributed by atoms with E-state index in [9.17, 15) is 0 Å². The van der Waals surface area contributed by atoms with Gasteiger partial charge in [0.2, 0.25) is 0 Å². The molecule has 20 heavy (non-hydrogen) atoms. The fraction of sp³-hybridized carbons (Fsp3) is 1.00. The first-order valence-corrected chi connectivity index (χ1v) is 8.36. The summed E-state index contributed by atoms with van der Waals surface area (Å²) in [6.45, 7) is 8.96. The standard InChI is InChI=1S/C16H33N3O/c1-5-19(13(2)11-18(3)4)12-16-9-8-15(20-16)10-17-14-6-7-14/h13-17H,5-12H2,1-4H3. The molecule has 0 aromatic rings. The number of rotatable bonds is 9. The van der Waals surface area contributed by atoms with E-state index in [0.29, 0.717) is 18.2 Å². The van der Waals surface area contributed by atoms with Gasteiger partial charge in [-0.1, -0.05) is 6.92 Å². The molecule has 1 aliphatic heterocycles. The number of nitrogens with zero attached hydrogens (tertiary/aromatic N) is 2. The molecular formula is C16H33N3O. The van der Waals surface area contributed by atoms with Crippen molar-refractivity contribution < 1.29 is 4.74 Å². The molecular weight excluding hydrogens is 250 g/mol. The highest BCUT2D eigenvalue weighted by Crippen LogP contribution is 2.23. The molecule has 118 valence electrons. The van der Waals surface area contributed by atoms with Gasteiger partial charge in [0.15, 0.2) is 0 Å². The van der Waals surface area contributed by atoms with Crippen molar-refractivity contribution in [1.82, 2.24) is 15.1 Å². The van der Waals surface area contributed by atoms with Crippen LogP contribution in [0.15, 0.2) is 0 Å². The minimum absolute atomic E-state index is 0.436. The van der Waals surface area contributed by atoms with E-state index in [1.807, 2.05) is 0 Å². The Morgan fingerprint density at radius 1 is 1.15 bits per heavy atom. The van der Waals surface area contributed by atoms with Crippen LogP contribution in [-0.4, -0.2) is 74.4 Å². The minimum atomic E-state index is 0.436. The zero-order valence-corrected chi connectivity index (χ0v) is 13.8. The summed E-state index contributed by atoms with van der Waals surface area (Å²) in [5.74, 6) is 0. The van der Waals surface area contributed by atoms with Crippen LogP contribution in [0.2, 0.25) is 0 Å². The minimum Gasteiger partial charge on any atom is -0.372 e. The van der Waals surface area contributed by atoms with Gasteiger partial charge in [-0.2, -0.15) is 0 Å². The Morgan fingerprint density at radius 3 is 2.45 bits per heavy atom. The lowest BCUT2D eigenvalue weighted by Crippen LogP contribution is -2.44. The van der Waals surface area contributed by atoms with Gasteiger partial charge in [0, 0.05) is 31.7 Å². The predicted molar refractivity (Wildman–Crippen MR) is 84.2 cm³/mol. The summed E-state index contributed by atoms with van der Waals surface area (Å²) in [6.07, 6.45) is 6.06. The Hall–Kier alpha value is -0.160. The Balaban J connectivity index is 1.68. The highest BCUT2D eigenvalue weighted by molar-refractivity contribution is 4.85. The average Bonchev–Trinajstić information content (AvgIpc) is 3.12. The Morgan fingerprint density at radius 2 is 1.85 bits per heavy atom. The van der Waals surface area contributed by atoms with Crippen LogP contribution in [0.5, 0.6) is 0 Å². The molecule has 2 aliphatic rings. The monoisotopic (exact) mass is 283 g/mol. The Bertz CT molecular complexity index is 281. The SMILES string of the molecule is CCN(CC1CCC(CNC2CC2)O1)C(C)CN(C)C. The smallest absolute Gasteiger partial charge is 0.0707 e. The van der Waals surface area contributed by atoms with Crippen molar-refractivity contribution in [2.75, 3.05) is 40.3 Å². The van der Waals surface area contributed by atoms with Crippen molar-refractivity contribution >= 4 is 0 Å². The second-order valence-electron chi connectivity index (χ2n) is 6.84. The fourth-order valence-corrected chi connectivity index (χ4v) is 3.18. The van der Waals surface area contributed by atoms with Crippen LogP contribution in [0, 0.1) is 0 Å². The summed E-state index contributed by atoms with van der Waals surface area (Å²) in [4.78, 5) is 4.83. The van der Waals surface area contributed by atoms with Gasteiger partial charge in [0.05, 0.1) is 12.2 Å². The molecule has 0 spiro atoms. The van der Waals surface area contributed by atoms with E-state index in [-0.39, 0.29) is 0 Å². The van der Waals surface area contributed by atoms with Gasteiger partial charge in [-0.3, -0.25) is 4.90 Å². The molecule has 0 aromatic heterocycles. The maximum atomic E-state index is 6.21. The first kappa shape index (κ1) is 16.2. The van der Waals surface area contributed by atoms with Crippen molar-refractivity contribution in [3.8, 4) is 0 Å². The molecule has 4 nitrogen and oxygen atoms in total. The summed E-state index contributed by atoms with van der Waals surface area (Å²) in [7, 11) is 4.30. The Kier molecular flexibility index (Phi) is 6.27. The Labute approximate surface area is 124 Å². The molecule has 0 radical (unpaired) electrons. The van der Waals surface area contributed by atoms with Crippen LogP contribution >= 0.6 is 0 Å². The molecule has 1 N–H and O–H groups in total. The lowest BCUT2D eigenvalue weighted by molar-refractivity contribution is 0.0147. The van der Waals surface area contributed by atoms with Gasteiger partial charge in [-0.05, 0) is 53.2 Å². The zero-order valence-electron chi connectivity index (χ0n) is 13.8. The molecule has 0 aromatic carbocycles. The van der Waals surface area contributed by atoms with Crippen molar-refractivity contribution in [1.29, 1.82) is 0 Å². The summed E-state index contributed by atoms with van der Waals surface area (Å²) in [6, 6.07) is 1.40. The molecule has 0 amide bonds. The van der Waals surface area contributed by atoms with Crippen molar-refractivity contribution in [3.63, 3.8) is 0 Å². The predicted octanol–water partition coefficient (Wildman–Crippen LogP) is 1.56.